The van der Waals surface area contributed by atoms with Crippen LogP contribution in [0.25, 0.3) is 0 Å². The van der Waals surface area contributed by atoms with Gasteiger partial charge >= 0.3 is 11.6 Å². The highest BCUT2D eigenvalue weighted by Gasteiger charge is 2.58. The molecule has 0 radical (unpaired) electrons. The molecule has 7 nitrogen and oxygen atoms in total. The second-order valence-electron chi connectivity index (χ2n) is 5.65. The molecule has 3 N–H and O–H groups in total. The zero-order valence-electron chi connectivity index (χ0n) is 13.3. The molecule has 2 aromatic rings. The molecule has 1 saturated heterocycles. The fourth-order valence-corrected chi connectivity index (χ4v) is 3.92. The van der Waals surface area contributed by atoms with Gasteiger partial charge in [0.25, 0.3) is 5.91 Å². The number of carbonyl (C=O) groups is 1. The minimum atomic E-state index is -3.61. The van der Waals surface area contributed by atoms with Crippen LogP contribution in [-0.2, 0) is 0 Å². The number of alkyl halides is 2. The molecule has 3 atom stereocenters. The molecule has 0 bridgehead atoms. The Bertz CT molecular complexity index is 862. The second-order valence-corrected chi connectivity index (χ2v) is 6.98. The number of aliphatic hydroxyl groups is 2. The first-order valence-corrected chi connectivity index (χ1v) is 8.56. The fourth-order valence-electron chi connectivity index (χ4n) is 2.56. The van der Waals surface area contributed by atoms with E-state index in [0.717, 1.165) is 6.20 Å². The molecule has 10 heteroatoms. The van der Waals surface area contributed by atoms with Gasteiger partial charge in [0.1, 0.15) is 11.9 Å². The van der Waals surface area contributed by atoms with E-state index in [9.17, 15) is 23.5 Å². The van der Waals surface area contributed by atoms with Crippen LogP contribution < -0.4 is 11.0 Å². The minimum absolute atomic E-state index is 0.0781. The molecule has 2 heterocycles. The van der Waals surface area contributed by atoms with Crippen LogP contribution in [0, 0.1) is 0 Å². The number of aliphatic hydroxyl groups excluding tert-OH is 2. The van der Waals surface area contributed by atoms with Gasteiger partial charge < -0.3 is 15.5 Å². The molecule has 1 fully saturated rings. The maximum absolute atomic E-state index is 14.2. The van der Waals surface area contributed by atoms with Crippen molar-refractivity contribution in [2.75, 3.05) is 11.9 Å². The number of aromatic nitrogens is 2. The minimum Gasteiger partial charge on any atom is -0.395 e. The largest absolute Gasteiger partial charge is 0.395 e. The van der Waals surface area contributed by atoms with Crippen molar-refractivity contribution >= 4 is 23.5 Å². The Morgan fingerprint density at radius 3 is 2.58 bits per heavy atom. The average molecular weight is 383 g/mol. The van der Waals surface area contributed by atoms with Crippen LogP contribution in [0.1, 0.15) is 15.7 Å². The SMILES string of the molecule is O=C(Nc1ccn([C@H]2S[C@@H](CO)[C@H](O)C2(F)F)c(=O)n1)c1ccccc1. The third-order valence-corrected chi connectivity index (χ3v) is 5.48. The van der Waals surface area contributed by atoms with Gasteiger partial charge in [-0.3, -0.25) is 9.36 Å². The van der Waals surface area contributed by atoms with E-state index in [-0.39, 0.29) is 5.82 Å². The molecule has 0 saturated carbocycles. The van der Waals surface area contributed by atoms with E-state index in [0.29, 0.717) is 21.9 Å². The van der Waals surface area contributed by atoms with Gasteiger partial charge in [-0.05, 0) is 18.2 Å². The van der Waals surface area contributed by atoms with E-state index in [1.807, 2.05) is 0 Å². The van der Waals surface area contributed by atoms with Crippen LogP contribution in [-0.4, -0.2) is 49.6 Å². The van der Waals surface area contributed by atoms with Gasteiger partial charge in [0.05, 0.1) is 11.9 Å². The molecule has 0 aliphatic carbocycles. The van der Waals surface area contributed by atoms with Crippen LogP contribution in [0.4, 0.5) is 14.6 Å². The van der Waals surface area contributed by atoms with Crippen molar-refractivity contribution in [1.29, 1.82) is 0 Å². The van der Waals surface area contributed by atoms with Gasteiger partial charge in [-0.1, -0.05) is 18.2 Å². The van der Waals surface area contributed by atoms with Crippen molar-refractivity contribution in [3.63, 3.8) is 0 Å². The predicted octanol–water partition coefficient (Wildman–Crippen LogP) is 1.10. The van der Waals surface area contributed by atoms with Crippen molar-refractivity contribution in [2.24, 2.45) is 0 Å². The highest BCUT2D eigenvalue weighted by Crippen LogP contribution is 2.51. The standard InChI is InChI=1S/C16H15F2N3O4S/c17-16(18)12(23)10(8-22)26-14(16)21-7-6-11(20-15(21)25)19-13(24)9-4-2-1-3-5-9/h1-7,10,12,14,22-23H,8H2,(H,19,20,24,25)/t10-,12-,14-/m0/s1. The quantitative estimate of drug-likeness (QED) is 0.730. The van der Waals surface area contributed by atoms with Gasteiger partial charge in [0, 0.05) is 11.8 Å². The van der Waals surface area contributed by atoms with Crippen molar-refractivity contribution in [1.82, 2.24) is 9.55 Å². The van der Waals surface area contributed by atoms with Gasteiger partial charge in [0.15, 0.2) is 5.37 Å². The van der Waals surface area contributed by atoms with Crippen LogP contribution in [0.5, 0.6) is 0 Å². The lowest BCUT2D eigenvalue weighted by atomic mass is 10.1. The Morgan fingerprint density at radius 1 is 1.31 bits per heavy atom. The smallest absolute Gasteiger partial charge is 0.350 e. The third kappa shape index (κ3) is 3.35. The third-order valence-electron chi connectivity index (χ3n) is 3.92. The predicted molar refractivity (Wildman–Crippen MR) is 91.3 cm³/mol. The summed E-state index contributed by atoms with van der Waals surface area (Å²) in [4.78, 5) is 27.8. The highest BCUT2D eigenvalue weighted by molar-refractivity contribution is 8.00. The van der Waals surface area contributed by atoms with Crippen LogP contribution in [0.15, 0.2) is 47.4 Å². The second kappa shape index (κ2) is 7.14. The molecule has 1 aromatic heterocycles. The zero-order valence-corrected chi connectivity index (χ0v) is 14.1. The first-order valence-electron chi connectivity index (χ1n) is 7.62. The van der Waals surface area contributed by atoms with E-state index >= 15 is 0 Å². The van der Waals surface area contributed by atoms with Crippen molar-refractivity contribution in [3.05, 3.63) is 58.6 Å². The summed E-state index contributed by atoms with van der Waals surface area (Å²) in [5, 5.41) is 18.3. The van der Waals surface area contributed by atoms with Crippen LogP contribution in [0.2, 0.25) is 0 Å². The van der Waals surface area contributed by atoms with Gasteiger partial charge in [-0.2, -0.15) is 4.98 Å². The van der Waals surface area contributed by atoms with Crippen LogP contribution in [0.3, 0.4) is 0 Å². The van der Waals surface area contributed by atoms with E-state index in [1.54, 1.807) is 30.3 Å². The lowest BCUT2D eigenvalue weighted by Gasteiger charge is -2.22. The Balaban J connectivity index is 1.82. The van der Waals surface area contributed by atoms with Gasteiger partial charge in [-0.25, -0.2) is 13.6 Å². The molecule has 138 valence electrons. The molecule has 0 spiro atoms. The summed E-state index contributed by atoms with van der Waals surface area (Å²) in [5.41, 5.74) is -0.649. The summed E-state index contributed by atoms with van der Waals surface area (Å²) in [5.74, 6) is -4.18. The lowest BCUT2D eigenvalue weighted by molar-refractivity contribution is -0.114. The van der Waals surface area contributed by atoms with E-state index in [1.165, 1.54) is 6.07 Å². The fraction of sp³-hybridized carbons (Fsp3) is 0.312. The Labute approximate surface area is 150 Å². The normalized spacial score (nSPS) is 24.4. The van der Waals surface area contributed by atoms with Crippen molar-refractivity contribution in [3.8, 4) is 0 Å². The molecular weight excluding hydrogens is 368 g/mol. The number of amides is 1. The van der Waals surface area contributed by atoms with Gasteiger partial charge in [0.2, 0.25) is 0 Å². The molecule has 26 heavy (non-hydrogen) atoms. The molecule has 1 aliphatic rings. The summed E-state index contributed by atoms with van der Waals surface area (Å²) in [6.45, 7) is -0.648. The van der Waals surface area contributed by atoms with Gasteiger partial charge in [-0.15, -0.1) is 11.8 Å². The molecule has 0 unspecified atom stereocenters. The number of nitrogens with zero attached hydrogens (tertiary/aromatic N) is 2. The van der Waals surface area contributed by atoms with E-state index < -0.39 is 40.9 Å². The van der Waals surface area contributed by atoms with Crippen molar-refractivity contribution in [2.45, 2.75) is 22.7 Å². The molecule has 1 amide bonds. The number of benzene rings is 1. The monoisotopic (exact) mass is 383 g/mol. The summed E-state index contributed by atoms with van der Waals surface area (Å²) in [6.07, 6.45) is -1.000. The highest BCUT2D eigenvalue weighted by atomic mass is 32.2. The molecular formula is C16H15F2N3O4S. The van der Waals surface area contributed by atoms with E-state index in [2.05, 4.69) is 10.3 Å². The number of hydrogen-bond donors (Lipinski definition) is 3. The summed E-state index contributed by atoms with van der Waals surface area (Å²) in [6, 6.07) is 9.44. The molecule has 1 aliphatic heterocycles. The number of hydrogen-bond acceptors (Lipinski definition) is 6. The summed E-state index contributed by atoms with van der Waals surface area (Å²) in [7, 11) is 0. The Morgan fingerprint density at radius 2 is 2.00 bits per heavy atom. The molecule has 1 aromatic carbocycles. The summed E-state index contributed by atoms with van der Waals surface area (Å²) < 4.78 is 29.1. The topological polar surface area (TPSA) is 104 Å². The zero-order chi connectivity index (χ0) is 18.9. The first kappa shape index (κ1) is 18.5. The number of halogens is 2. The number of anilines is 1. The average Bonchev–Trinajstić information content (AvgIpc) is 2.85. The maximum atomic E-state index is 14.2. The Kier molecular flexibility index (Phi) is 5.08. The number of nitrogens with one attached hydrogen (secondary N) is 1. The summed E-state index contributed by atoms with van der Waals surface area (Å²) >= 11 is 0.595. The Hall–Kier alpha value is -2.30. The lowest BCUT2D eigenvalue weighted by Crippen LogP contribution is -2.41. The number of thioether (sulfide) groups is 1. The van der Waals surface area contributed by atoms with Crippen LogP contribution >= 0.6 is 11.8 Å². The first-order chi connectivity index (χ1) is 12.3. The maximum Gasteiger partial charge on any atom is 0.350 e. The molecule has 3 rings (SSSR count). The van der Waals surface area contributed by atoms with E-state index in [4.69, 9.17) is 5.11 Å². The van der Waals surface area contributed by atoms with Crippen molar-refractivity contribution < 1.29 is 23.8 Å². The number of rotatable bonds is 4. The number of carbonyl (C=O) groups excluding carboxylic acids is 1.